The maximum absolute atomic E-state index is 4.60. The van der Waals surface area contributed by atoms with E-state index in [-0.39, 0.29) is 5.41 Å². The van der Waals surface area contributed by atoms with Gasteiger partial charge in [-0.3, -0.25) is 0 Å². The lowest BCUT2D eigenvalue weighted by molar-refractivity contribution is 0.507. The van der Waals surface area contributed by atoms with Crippen molar-refractivity contribution in [3.63, 3.8) is 0 Å². The molecule has 0 bridgehead atoms. The van der Waals surface area contributed by atoms with E-state index in [1.807, 2.05) is 0 Å². The van der Waals surface area contributed by atoms with Crippen molar-refractivity contribution in [1.29, 1.82) is 0 Å². The van der Waals surface area contributed by atoms with E-state index < -0.39 is 0 Å². The Balaban J connectivity index is 2.50. The first-order valence-electron chi connectivity index (χ1n) is 6.01. The first-order valence-corrected chi connectivity index (χ1v) is 7.33. The minimum absolute atomic E-state index is 0.0904. The lowest BCUT2D eigenvalue weighted by Gasteiger charge is -2.30. The molecule has 0 aliphatic heterocycles. The van der Waals surface area contributed by atoms with Crippen LogP contribution in [0.15, 0.2) is 46.0 Å². The van der Waals surface area contributed by atoms with E-state index in [1.165, 1.54) is 17.5 Å². The molecule has 0 aliphatic carbocycles. The predicted molar refractivity (Wildman–Crippen MR) is 79.4 cm³/mol. The van der Waals surface area contributed by atoms with Crippen molar-refractivity contribution in [3.05, 3.63) is 52.9 Å². The fraction of sp³-hybridized carbons (Fsp3) is 0.333. The normalized spacial score (nSPS) is 14.5. The van der Waals surface area contributed by atoms with Crippen LogP contribution in [0.2, 0.25) is 0 Å². The zero-order valence-corrected chi connectivity index (χ0v) is 12.0. The van der Waals surface area contributed by atoms with Crippen LogP contribution in [-0.2, 0) is 5.41 Å². The zero-order valence-electron chi connectivity index (χ0n) is 10.3. The zero-order chi connectivity index (χ0) is 12.3. The average molecular weight is 262 g/mol. The second-order valence-corrected chi connectivity index (χ2v) is 6.25. The number of rotatable bonds is 4. The van der Waals surface area contributed by atoms with E-state index in [0.717, 1.165) is 10.6 Å². The van der Waals surface area contributed by atoms with Gasteiger partial charge in [0, 0.05) is 5.41 Å². The number of hydrogen-bond donors (Lipinski definition) is 1. The summed E-state index contributed by atoms with van der Waals surface area (Å²) in [6.07, 6.45) is 2.33. The molecular weight excluding hydrogens is 244 g/mol. The van der Waals surface area contributed by atoms with Gasteiger partial charge >= 0.3 is 0 Å². The van der Waals surface area contributed by atoms with Gasteiger partial charge in [-0.25, -0.2) is 0 Å². The van der Waals surface area contributed by atoms with E-state index >= 15 is 0 Å². The molecule has 1 heterocycles. The molecule has 1 unspecified atom stereocenters. The summed E-state index contributed by atoms with van der Waals surface area (Å²) in [7, 11) is 0. The van der Waals surface area contributed by atoms with Crippen molar-refractivity contribution < 1.29 is 0 Å². The molecule has 2 rings (SSSR count). The fourth-order valence-corrected chi connectivity index (χ4v) is 3.72. The summed E-state index contributed by atoms with van der Waals surface area (Å²) < 4.78 is 1.14. The average Bonchev–Trinajstić information content (AvgIpc) is 2.77. The summed E-state index contributed by atoms with van der Waals surface area (Å²) in [5.74, 6) is 0. The molecule has 0 nitrogen and oxygen atoms in total. The molecule has 90 valence electrons. The fourth-order valence-electron chi connectivity index (χ4n) is 2.46. The van der Waals surface area contributed by atoms with E-state index in [0.29, 0.717) is 0 Å². The third kappa shape index (κ3) is 2.43. The first-order chi connectivity index (χ1) is 8.18. The van der Waals surface area contributed by atoms with Crippen LogP contribution in [0, 0.1) is 0 Å². The molecule has 0 amide bonds. The second kappa shape index (κ2) is 5.28. The van der Waals surface area contributed by atoms with Gasteiger partial charge < -0.3 is 0 Å². The number of thiophene rings is 1. The van der Waals surface area contributed by atoms with Gasteiger partial charge in [-0.05, 0) is 29.0 Å². The van der Waals surface area contributed by atoms with Crippen LogP contribution in [0.4, 0.5) is 0 Å². The van der Waals surface area contributed by atoms with Crippen LogP contribution in [0.5, 0.6) is 0 Å². The summed E-state index contributed by atoms with van der Waals surface area (Å²) in [6.45, 7) is 4.57. The quantitative estimate of drug-likeness (QED) is 0.724. The van der Waals surface area contributed by atoms with Gasteiger partial charge in [0.1, 0.15) is 0 Å². The number of thiol groups is 1. The molecule has 2 heteroatoms. The third-order valence-electron chi connectivity index (χ3n) is 3.40. The van der Waals surface area contributed by atoms with E-state index in [2.05, 4.69) is 68.3 Å². The Morgan fingerprint density at radius 1 is 1.18 bits per heavy atom. The predicted octanol–water partition coefficient (Wildman–Crippen LogP) is 5.14. The van der Waals surface area contributed by atoms with Crippen LogP contribution in [0.1, 0.15) is 37.8 Å². The lowest BCUT2D eigenvalue weighted by atomic mass is 9.74. The molecule has 2 aromatic rings. The van der Waals surface area contributed by atoms with Gasteiger partial charge in [0.25, 0.3) is 0 Å². The van der Waals surface area contributed by atoms with Crippen molar-refractivity contribution in [3.8, 4) is 0 Å². The highest BCUT2D eigenvalue weighted by molar-refractivity contribution is 7.82. The van der Waals surface area contributed by atoms with Crippen LogP contribution in [-0.4, -0.2) is 0 Å². The molecule has 0 fully saturated rings. The van der Waals surface area contributed by atoms with Crippen molar-refractivity contribution in [2.24, 2.45) is 0 Å². The summed E-state index contributed by atoms with van der Waals surface area (Å²) in [5.41, 5.74) is 2.84. The van der Waals surface area contributed by atoms with Gasteiger partial charge in [0.15, 0.2) is 0 Å². The standard InChI is InChI=1S/C15H18S2/c1-3-10-15(2,12-7-5-4-6-8-12)13-9-11-17-14(13)16/h4-9,11,16H,3,10H2,1-2H3. The molecule has 1 aromatic carbocycles. The Morgan fingerprint density at radius 2 is 1.88 bits per heavy atom. The summed E-state index contributed by atoms with van der Waals surface area (Å²) in [5, 5.41) is 2.13. The molecule has 0 spiro atoms. The molecule has 1 atom stereocenters. The molecule has 0 radical (unpaired) electrons. The van der Waals surface area contributed by atoms with E-state index in [4.69, 9.17) is 0 Å². The van der Waals surface area contributed by atoms with Gasteiger partial charge in [0.2, 0.25) is 0 Å². The molecule has 0 saturated carbocycles. The van der Waals surface area contributed by atoms with Crippen molar-refractivity contribution in [2.75, 3.05) is 0 Å². The first kappa shape index (κ1) is 12.7. The van der Waals surface area contributed by atoms with Gasteiger partial charge in [-0.2, -0.15) is 0 Å². The van der Waals surface area contributed by atoms with Crippen molar-refractivity contribution in [1.82, 2.24) is 0 Å². The van der Waals surface area contributed by atoms with Crippen LogP contribution >= 0.6 is 24.0 Å². The largest absolute Gasteiger partial charge is 0.137 e. The van der Waals surface area contributed by atoms with Gasteiger partial charge in [-0.1, -0.05) is 50.6 Å². The Bertz CT molecular complexity index is 473. The third-order valence-corrected chi connectivity index (χ3v) is 4.67. The Morgan fingerprint density at radius 3 is 2.41 bits per heavy atom. The molecule has 1 aromatic heterocycles. The molecule has 0 saturated heterocycles. The van der Waals surface area contributed by atoms with Crippen molar-refractivity contribution in [2.45, 2.75) is 36.3 Å². The second-order valence-electron chi connectivity index (χ2n) is 4.59. The highest BCUT2D eigenvalue weighted by Gasteiger charge is 2.30. The number of hydrogen-bond acceptors (Lipinski definition) is 2. The molecule has 0 N–H and O–H groups in total. The Kier molecular flexibility index (Phi) is 3.95. The smallest absolute Gasteiger partial charge is 0.0609 e. The Hall–Kier alpha value is -0.730. The SMILES string of the molecule is CCCC(C)(c1ccccc1)c1ccsc1S. The topological polar surface area (TPSA) is 0 Å². The van der Waals surface area contributed by atoms with Crippen LogP contribution < -0.4 is 0 Å². The lowest BCUT2D eigenvalue weighted by Crippen LogP contribution is -2.23. The summed E-state index contributed by atoms with van der Waals surface area (Å²) in [4.78, 5) is 0. The Labute approximate surface area is 113 Å². The summed E-state index contributed by atoms with van der Waals surface area (Å²) >= 11 is 6.32. The molecule has 17 heavy (non-hydrogen) atoms. The molecular formula is C15H18S2. The van der Waals surface area contributed by atoms with Crippen LogP contribution in [0.3, 0.4) is 0 Å². The highest BCUT2D eigenvalue weighted by atomic mass is 32.2. The molecule has 0 aliphatic rings. The monoisotopic (exact) mass is 262 g/mol. The van der Waals surface area contributed by atoms with Crippen LogP contribution in [0.25, 0.3) is 0 Å². The minimum Gasteiger partial charge on any atom is -0.137 e. The minimum atomic E-state index is 0.0904. The maximum Gasteiger partial charge on any atom is 0.0609 e. The summed E-state index contributed by atoms with van der Waals surface area (Å²) in [6, 6.07) is 13.0. The maximum atomic E-state index is 4.60. The van der Waals surface area contributed by atoms with E-state index in [9.17, 15) is 0 Å². The van der Waals surface area contributed by atoms with E-state index in [1.54, 1.807) is 11.3 Å². The number of benzene rings is 1. The van der Waals surface area contributed by atoms with Gasteiger partial charge in [0.05, 0.1) is 4.21 Å². The highest BCUT2D eigenvalue weighted by Crippen LogP contribution is 2.41. The van der Waals surface area contributed by atoms with Crippen molar-refractivity contribution >= 4 is 24.0 Å². The van der Waals surface area contributed by atoms with Gasteiger partial charge in [-0.15, -0.1) is 24.0 Å².